The number of phenolic OH excluding ortho intramolecular Hbond substituents is 1. The molecule has 0 aliphatic heterocycles. The number of nitrogens with zero attached hydrogens (tertiary/aromatic N) is 1. The minimum atomic E-state index is -3.70. The van der Waals surface area contributed by atoms with E-state index >= 15 is 0 Å². The minimum absolute atomic E-state index is 0.0158. The van der Waals surface area contributed by atoms with Crippen LogP contribution >= 0.6 is 0 Å². The SMILES string of the molecule is CNC(=O)CN(C)S(=O)(=O)c1ccc(O)cc1. The van der Waals surface area contributed by atoms with Gasteiger partial charge in [0.15, 0.2) is 0 Å². The molecule has 0 aromatic heterocycles. The van der Waals surface area contributed by atoms with Crippen LogP contribution in [0.25, 0.3) is 0 Å². The fraction of sp³-hybridized carbons (Fsp3) is 0.300. The molecular weight excluding hydrogens is 244 g/mol. The number of hydrogen-bond donors (Lipinski definition) is 2. The number of carbonyl (C=O) groups excluding carboxylic acids is 1. The van der Waals surface area contributed by atoms with Gasteiger partial charge in [0.25, 0.3) is 0 Å². The van der Waals surface area contributed by atoms with Gasteiger partial charge in [-0.15, -0.1) is 0 Å². The summed E-state index contributed by atoms with van der Waals surface area (Å²) in [4.78, 5) is 11.1. The third-order valence-corrected chi connectivity index (χ3v) is 4.01. The molecule has 0 bridgehead atoms. The van der Waals surface area contributed by atoms with E-state index in [4.69, 9.17) is 5.11 Å². The van der Waals surface area contributed by atoms with Gasteiger partial charge >= 0.3 is 0 Å². The zero-order chi connectivity index (χ0) is 13.1. The second-order valence-corrected chi connectivity index (χ2v) is 5.47. The van der Waals surface area contributed by atoms with Crippen molar-refractivity contribution in [2.75, 3.05) is 20.6 Å². The van der Waals surface area contributed by atoms with E-state index in [1.807, 2.05) is 0 Å². The smallest absolute Gasteiger partial charge is 0.243 e. The van der Waals surface area contributed by atoms with Crippen molar-refractivity contribution in [2.45, 2.75) is 4.90 Å². The summed E-state index contributed by atoms with van der Waals surface area (Å²) >= 11 is 0. The number of aromatic hydroxyl groups is 1. The molecule has 7 heteroatoms. The molecule has 0 aliphatic carbocycles. The molecule has 94 valence electrons. The Balaban J connectivity index is 2.95. The van der Waals surface area contributed by atoms with Crippen molar-refractivity contribution >= 4 is 15.9 Å². The Morgan fingerprint density at radius 2 is 1.88 bits per heavy atom. The summed E-state index contributed by atoms with van der Waals surface area (Å²) in [6, 6.07) is 5.12. The number of benzene rings is 1. The van der Waals surface area contributed by atoms with Crippen molar-refractivity contribution in [3.8, 4) is 5.75 Å². The fourth-order valence-electron chi connectivity index (χ4n) is 1.16. The summed E-state index contributed by atoms with van der Waals surface area (Å²) in [6.07, 6.45) is 0. The molecule has 2 N–H and O–H groups in total. The first-order valence-corrected chi connectivity index (χ1v) is 6.28. The van der Waals surface area contributed by atoms with Crippen LogP contribution in [0.15, 0.2) is 29.2 Å². The second-order valence-electron chi connectivity index (χ2n) is 3.43. The zero-order valence-electron chi connectivity index (χ0n) is 9.54. The van der Waals surface area contributed by atoms with E-state index in [0.29, 0.717) is 0 Å². The predicted octanol–water partition coefficient (Wildman–Crippen LogP) is -0.241. The molecule has 0 spiro atoms. The monoisotopic (exact) mass is 258 g/mol. The van der Waals surface area contributed by atoms with Gasteiger partial charge in [-0.3, -0.25) is 4.79 Å². The Bertz CT molecular complexity index is 496. The fourth-order valence-corrected chi connectivity index (χ4v) is 2.29. The van der Waals surface area contributed by atoms with Gasteiger partial charge < -0.3 is 10.4 Å². The van der Waals surface area contributed by atoms with Crippen LogP contribution in [0, 0.1) is 0 Å². The lowest BCUT2D eigenvalue weighted by Gasteiger charge is -2.16. The molecule has 1 amide bonds. The van der Waals surface area contributed by atoms with Gasteiger partial charge in [0.2, 0.25) is 15.9 Å². The first-order chi connectivity index (χ1) is 7.87. The second kappa shape index (κ2) is 5.15. The lowest BCUT2D eigenvalue weighted by molar-refractivity contribution is -0.120. The van der Waals surface area contributed by atoms with Crippen molar-refractivity contribution in [3.05, 3.63) is 24.3 Å². The van der Waals surface area contributed by atoms with Crippen LogP contribution in [-0.2, 0) is 14.8 Å². The first kappa shape index (κ1) is 13.5. The molecule has 1 rings (SSSR count). The van der Waals surface area contributed by atoms with Gasteiger partial charge in [0, 0.05) is 14.1 Å². The van der Waals surface area contributed by atoms with Gasteiger partial charge in [-0.1, -0.05) is 0 Å². The van der Waals surface area contributed by atoms with Crippen LogP contribution in [0.2, 0.25) is 0 Å². The van der Waals surface area contributed by atoms with Crippen molar-refractivity contribution in [1.29, 1.82) is 0 Å². The first-order valence-electron chi connectivity index (χ1n) is 4.84. The molecule has 17 heavy (non-hydrogen) atoms. The van der Waals surface area contributed by atoms with E-state index < -0.39 is 15.9 Å². The van der Waals surface area contributed by atoms with Crippen molar-refractivity contribution in [2.24, 2.45) is 0 Å². The van der Waals surface area contributed by atoms with Crippen LogP contribution < -0.4 is 5.32 Å². The van der Waals surface area contributed by atoms with Crippen LogP contribution in [0.1, 0.15) is 0 Å². The summed E-state index contributed by atoms with van der Waals surface area (Å²) in [6.45, 7) is -0.250. The number of likely N-dealkylation sites (N-methyl/N-ethyl adjacent to an activating group) is 2. The van der Waals surface area contributed by atoms with Gasteiger partial charge in [-0.2, -0.15) is 4.31 Å². The Hall–Kier alpha value is -1.60. The number of sulfonamides is 1. The molecule has 0 saturated carbocycles. The molecule has 6 nitrogen and oxygen atoms in total. The van der Waals surface area contributed by atoms with E-state index in [1.165, 1.54) is 38.4 Å². The topological polar surface area (TPSA) is 86.7 Å². The molecule has 0 heterocycles. The molecule has 0 fully saturated rings. The van der Waals surface area contributed by atoms with E-state index in [9.17, 15) is 13.2 Å². The molecule has 0 atom stereocenters. The van der Waals surface area contributed by atoms with E-state index in [1.54, 1.807) is 0 Å². The molecule has 0 unspecified atom stereocenters. The Morgan fingerprint density at radius 3 is 2.35 bits per heavy atom. The molecule has 0 radical (unpaired) electrons. The largest absolute Gasteiger partial charge is 0.508 e. The highest BCUT2D eigenvalue weighted by Gasteiger charge is 2.22. The Labute approximate surface area is 99.9 Å². The van der Waals surface area contributed by atoms with E-state index in [-0.39, 0.29) is 17.2 Å². The standard InChI is InChI=1S/C10H14N2O4S/c1-11-10(14)7-12(2)17(15,16)9-5-3-8(13)4-6-9/h3-6,13H,7H2,1-2H3,(H,11,14). The summed E-state index contributed by atoms with van der Waals surface area (Å²) in [5.41, 5.74) is 0. The molecule has 0 aliphatic rings. The molecular formula is C10H14N2O4S. The minimum Gasteiger partial charge on any atom is -0.508 e. The van der Waals surface area contributed by atoms with Gasteiger partial charge in [-0.25, -0.2) is 8.42 Å². The van der Waals surface area contributed by atoms with Crippen LogP contribution in [0.4, 0.5) is 0 Å². The zero-order valence-corrected chi connectivity index (χ0v) is 10.4. The average Bonchev–Trinajstić information content (AvgIpc) is 2.29. The number of phenols is 1. The molecule has 0 saturated heterocycles. The number of nitrogens with one attached hydrogen (secondary N) is 1. The predicted molar refractivity (Wildman–Crippen MR) is 62.0 cm³/mol. The van der Waals surface area contributed by atoms with Crippen molar-refractivity contribution in [1.82, 2.24) is 9.62 Å². The highest BCUT2D eigenvalue weighted by molar-refractivity contribution is 7.89. The summed E-state index contributed by atoms with van der Waals surface area (Å²) in [5, 5.41) is 11.4. The summed E-state index contributed by atoms with van der Waals surface area (Å²) in [7, 11) is -0.949. The van der Waals surface area contributed by atoms with Crippen molar-refractivity contribution in [3.63, 3.8) is 0 Å². The maximum Gasteiger partial charge on any atom is 0.243 e. The number of hydrogen-bond acceptors (Lipinski definition) is 4. The van der Waals surface area contributed by atoms with Gasteiger partial charge in [0.1, 0.15) is 5.75 Å². The maximum absolute atomic E-state index is 12.0. The number of carbonyl (C=O) groups is 1. The Morgan fingerprint density at radius 1 is 1.35 bits per heavy atom. The van der Waals surface area contributed by atoms with Crippen LogP contribution in [0.5, 0.6) is 5.75 Å². The van der Waals surface area contributed by atoms with E-state index in [0.717, 1.165) is 4.31 Å². The molecule has 1 aromatic carbocycles. The lowest BCUT2D eigenvalue weighted by atomic mass is 10.3. The van der Waals surface area contributed by atoms with Gasteiger partial charge in [-0.05, 0) is 24.3 Å². The normalized spacial score (nSPS) is 11.5. The number of amides is 1. The highest BCUT2D eigenvalue weighted by atomic mass is 32.2. The highest BCUT2D eigenvalue weighted by Crippen LogP contribution is 2.17. The van der Waals surface area contributed by atoms with Gasteiger partial charge in [0.05, 0.1) is 11.4 Å². The number of rotatable bonds is 4. The molecule has 1 aromatic rings. The lowest BCUT2D eigenvalue weighted by Crippen LogP contribution is -2.36. The van der Waals surface area contributed by atoms with Crippen molar-refractivity contribution < 1.29 is 18.3 Å². The third-order valence-electron chi connectivity index (χ3n) is 2.19. The summed E-state index contributed by atoms with van der Waals surface area (Å²) < 4.78 is 24.9. The average molecular weight is 258 g/mol. The van der Waals surface area contributed by atoms with E-state index in [2.05, 4.69) is 5.32 Å². The maximum atomic E-state index is 12.0. The third kappa shape index (κ3) is 3.18. The van der Waals surface area contributed by atoms with Crippen LogP contribution in [-0.4, -0.2) is 44.4 Å². The van der Waals surface area contributed by atoms with Crippen LogP contribution in [0.3, 0.4) is 0 Å². The quantitative estimate of drug-likeness (QED) is 0.780. The summed E-state index contributed by atoms with van der Waals surface area (Å²) in [5.74, 6) is -0.409. The Kier molecular flexibility index (Phi) is 4.08.